The van der Waals surface area contributed by atoms with Gasteiger partial charge < -0.3 is 0 Å². The summed E-state index contributed by atoms with van der Waals surface area (Å²) >= 11 is 0.120. The van der Waals surface area contributed by atoms with Crippen LogP contribution in [0.3, 0.4) is 0 Å². The fourth-order valence-corrected chi connectivity index (χ4v) is 5.73. The van der Waals surface area contributed by atoms with Gasteiger partial charge in [0.15, 0.2) is 0 Å². The van der Waals surface area contributed by atoms with Crippen molar-refractivity contribution in [2.24, 2.45) is 0 Å². The molecule has 4 rings (SSSR count). The van der Waals surface area contributed by atoms with E-state index >= 15 is 0 Å². The zero-order valence-corrected chi connectivity index (χ0v) is 18.2. The third kappa shape index (κ3) is 4.07. The molecule has 2 nitrogen and oxygen atoms in total. The first-order valence-corrected chi connectivity index (χ1v) is 11.2. The molecule has 3 heteroatoms. The van der Waals surface area contributed by atoms with Crippen molar-refractivity contribution in [1.29, 1.82) is 0 Å². The van der Waals surface area contributed by atoms with E-state index in [4.69, 9.17) is 9.47 Å². The Bertz CT molecular complexity index is 1040. The third-order valence-electron chi connectivity index (χ3n) is 4.77. The molecule has 0 spiro atoms. The van der Waals surface area contributed by atoms with Crippen LogP contribution < -0.4 is 18.4 Å². The monoisotopic (exact) mass is 446 g/mol. The van der Waals surface area contributed by atoms with Gasteiger partial charge in [0.25, 0.3) is 0 Å². The Labute approximate surface area is 178 Å². The van der Waals surface area contributed by atoms with E-state index in [0.717, 1.165) is 22.6 Å². The van der Waals surface area contributed by atoms with Gasteiger partial charge in [0, 0.05) is 0 Å². The minimum atomic E-state index is 0.120. The molecule has 4 aromatic rings. The van der Waals surface area contributed by atoms with Crippen molar-refractivity contribution in [3.05, 3.63) is 97.1 Å². The molecular formula is C26H22O2Se. The molecule has 4 aromatic carbocycles. The SMILES string of the molecule is COc1ccccc1-c1cccc(-c2ccccc2OC)c1[Se]c1ccccc1. The Hall–Kier alpha value is -3.00. The maximum atomic E-state index is 5.68. The number of hydrogen-bond acceptors (Lipinski definition) is 2. The van der Waals surface area contributed by atoms with E-state index in [0.29, 0.717) is 0 Å². The van der Waals surface area contributed by atoms with Gasteiger partial charge in [-0.15, -0.1) is 0 Å². The molecule has 29 heavy (non-hydrogen) atoms. The molecule has 0 bridgehead atoms. The summed E-state index contributed by atoms with van der Waals surface area (Å²) in [5, 5.41) is 0. The molecule has 0 N–H and O–H groups in total. The van der Waals surface area contributed by atoms with Gasteiger partial charge in [-0.05, 0) is 0 Å². The fourth-order valence-electron chi connectivity index (χ4n) is 3.41. The van der Waals surface area contributed by atoms with Crippen molar-refractivity contribution in [1.82, 2.24) is 0 Å². The molecule has 0 aliphatic carbocycles. The van der Waals surface area contributed by atoms with Crippen LogP contribution in [0.1, 0.15) is 0 Å². The number of ether oxygens (including phenoxy) is 2. The fraction of sp³-hybridized carbons (Fsp3) is 0.0769. The van der Waals surface area contributed by atoms with E-state index in [1.165, 1.54) is 20.1 Å². The van der Waals surface area contributed by atoms with Gasteiger partial charge in [0.1, 0.15) is 0 Å². The van der Waals surface area contributed by atoms with Crippen molar-refractivity contribution in [3.63, 3.8) is 0 Å². The number of methoxy groups -OCH3 is 2. The van der Waals surface area contributed by atoms with E-state index < -0.39 is 0 Å². The van der Waals surface area contributed by atoms with Crippen LogP contribution in [0.15, 0.2) is 97.1 Å². The molecule has 0 aromatic heterocycles. The second kappa shape index (κ2) is 9.00. The minimum absolute atomic E-state index is 0.120. The summed E-state index contributed by atoms with van der Waals surface area (Å²) in [6.45, 7) is 0. The summed E-state index contributed by atoms with van der Waals surface area (Å²) in [7, 11) is 3.45. The molecule has 0 aliphatic rings. The molecule has 0 atom stereocenters. The summed E-state index contributed by atoms with van der Waals surface area (Å²) in [5.74, 6) is 1.77. The van der Waals surface area contributed by atoms with Crippen LogP contribution in [0.4, 0.5) is 0 Å². The Balaban J connectivity index is 1.97. The molecule has 0 amide bonds. The average Bonchev–Trinajstić information content (AvgIpc) is 2.80. The standard InChI is InChI=1S/C26H22O2Se/c1-27-24-17-8-6-13-20(24)22-15-10-16-23(21-14-7-9-18-25(21)28-2)26(22)29-19-11-4-3-5-12-19/h3-18H,1-2H3. The first-order chi connectivity index (χ1) is 14.3. The quantitative estimate of drug-likeness (QED) is 0.401. The van der Waals surface area contributed by atoms with Crippen LogP contribution in [0, 0.1) is 0 Å². The van der Waals surface area contributed by atoms with Gasteiger partial charge in [0.2, 0.25) is 0 Å². The summed E-state index contributed by atoms with van der Waals surface area (Å²) in [5.41, 5.74) is 4.63. The van der Waals surface area contributed by atoms with E-state index in [2.05, 4.69) is 72.8 Å². The van der Waals surface area contributed by atoms with E-state index in [9.17, 15) is 0 Å². The second-order valence-corrected chi connectivity index (χ2v) is 8.77. The van der Waals surface area contributed by atoms with Crippen LogP contribution in [0.2, 0.25) is 0 Å². The molecule has 144 valence electrons. The van der Waals surface area contributed by atoms with Crippen molar-refractivity contribution >= 4 is 23.9 Å². The van der Waals surface area contributed by atoms with E-state index in [1.807, 2.05) is 24.3 Å². The second-order valence-electron chi connectivity index (χ2n) is 6.50. The molecule has 0 radical (unpaired) electrons. The summed E-state index contributed by atoms with van der Waals surface area (Å²) < 4.78 is 14.0. The number of para-hydroxylation sites is 2. The summed E-state index contributed by atoms with van der Waals surface area (Å²) in [6.07, 6.45) is 0. The average molecular weight is 445 g/mol. The van der Waals surface area contributed by atoms with E-state index in [1.54, 1.807) is 14.2 Å². The van der Waals surface area contributed by atoms with Crippen molar-refractivity contribution < 1.29 is 9.47 Å². The Morgan fingerprint density at radius 3 is 1.45 bits per heavy atom. The Morgan fingerprint density at radius 1 is 0.483 bits per heavy atom. The number of hydrogen-bond donors (Lipinski definition) is 0. The maximum absolute atomic E-state index is 5.68. The van der Waals surface area contributed by atoms with Gasteiger partial charge in [-0.3, -0.25) is 0 Å². The van der Waals surface area contributed by atoms with Crippen LogP contribution in [0.25, 0.3) is 22.3 Å². The summed E-state index contributed by atoms with van der Waals surface area (Å²) in [4.78, 5) is 0. The van der Waals surface area contributed by atoms with Crippen LogP contribution >= 0.6 is 0 Å². The van der Waals surface area contributed by atoms with Gasteiger partial charge in [-0.2, -0.15) is 0 Å². The van der Waals surface area contributed by atoms with Crippen LogP contribution in [0.5, 0.6) is 11.5 Å². The predicted molar refractivity (Wildman–Crippen MR) is 122 cm³/mol. The van der Waals surface area contributed by atoms with Crippen LogP contribution in [-0.2, 0) is 0 Å². The van der Waals surface area contributed by atoms with Gasteiger partial charge >= 0.3 is 178 Å². The Morgan fingerprint density at radius 2 is 0.931 bits per heavy atom. The zero-order chi connectivity index (χ0) is 20.1. The topological polar surface area (TPSA) is 18.5 Å². The van der Waals surface area contributed by atoms with Gasteiger partial charge in [0.05, 0.1) is 0 Å². The molecule has 0 aliphatic heterocycles. The number of benzene rings is 4. The summed E-state index contributed by atoms with van der Waals surface area (Å²) in [6, 6.07) is 33.6. The normalized spacial score (nSPS) is 10.6. The first-order valence-electron chi connectivity index (χ1n) is 9.44. The molecular weight excluding hydrogens is 423 g/mol. The van der Waals surface area contributed by atoms with Crippen molar-refractivity contribution in [2.75, 3.05) is 14.2 Å². The molecule has 0 heterocycles. The Kier molecular flexibility index (Phi) is 6.00. The predicted octanol–water partition coefficient (Wildman–Crippen LogP) is 4.69. The molecule has 0 fully saturated rings. The van der Waals surface area contributed by atoms with Crippen molar-refractivity contribution in [2.45, 2.75) is 0 Å². The molecule has 0 saturated heterocycles. The van der Waals surface area contributed by atoms with Crippen LogP contribution in [-0.4, -0.2) is 29.2 Å². The number of rotatable bonds is 6. The van der Waals surface area contributed by atoms with Crippen molar-refractivity contribution in [3.8, 4) is 33.8 Å². The first kappa shape index (κ1) is 19.3. The van der Waals surface area contributed by atoms with E-state index in [-0.39, 0.29) is 15.0 Å². The van der Waals surface area contributed by atoms with Gasteiger partial charge in [-0.1, -0.05) is 0 Å². The molecule has 0 saturated carbocycles. The van der Waals surface area contributed by atoms with Gasteiger partial charge in [-0.25, -0.2) is 0 Å². The zero-order valence-electron chi connectivity index (χ0n) is 16.5. The third-order valence-corrected chi connectivity index (χ3v) is 7.19. The molecule has 0 unspecified atom stereocenters.